The van der Waals surface area contributed by atoms with Crippen LogP contribution >= 0.6 is 0 Å². The highest BCUT2D eigenvalue weighted by Gasteiger charge is 2.33. The number of nitrogens with one attached hydrogen (secondary N) is 1. The highest BCUT2D eigenvalue weighted by atomic mass is 32.2. The molecule has 0 unspecified atom stereocenters. The molecule has 164 valence electrons. The summed E-state index contributed by atoms with van der Waals surface area (Å²) in [4.78, 5) is 13.4. The van der Waals surface area contributed by atoms with E-state index in [2.05, 4.69) is 4.72 Å². The van der Waals surface area contributed by atoms with Gasteiger partial charge in [-0.2, -0.15) is 13.2 Å². The molecular weight excluding hydrogens is 417 g/mol. The predicted molar refractivity (Wildman–Crippen MR) is 110 cm³/mol. The van der Waals surface area contributed by atoms with Gasteiger partial charge in [0.25, 0.3) is 15.9 Å². The van der Waals surface area contributed by atoms with E-state index >= 15 is 0 Å². The summed E-state index contributed by atoms with van der Waals surface area (Å²) in [6.45, 7) is 3.96. The third-order valence-corrected chi connectivity index (χ3v) is 5.98. The molecule has 0 radical (unpaired) electrons. The number of carbonyl (C=O) groups excluding carboxylic acids is 1. The monoisotopic (exact) mass is 442 g/mol. The Morgan fingerprint density at radius 3 is 2.27 bits per heavy atom. The molecule has 0 bridgehead atoms. The van der Waals surface area contributed by atoms with Crippen LogP contribution in [0.4, 0.5) is 18.9 Å². The molecule has 0 saturated carbocycles. The van der Waals surface area contributed by atoms with Crippen molar-refractivity contribution in [3.63, 3.8) is 0 Å². The lowest BCUT2D eigenvalue weighted by atomic mass is 10.1. The second kappa shape index (κ2) is 9.51. The molecule has 1 amide bonds. The first kappa shape index (κ1) is 23.7. The molecule has 0 aromatic heterocycles. The van der Waals surface area contributed by atoms with Crippen molar-refractivity contribution in [2.75, 3.05) is 17.8 Å². The average Bonchev–Trinajstić information content (AvgIpc) is 2.66. The Bertz CT molecular complexity index is 988. The molecule has 5 nitrogen and oxygen atoms in total. The number of carbonyl (C=O) groups is 1. The highest BCUT2D eigenvalue weighted by molar-refractivity contribution is 7.92. The van der Waals surface area contributed by atoms with E-state index in [0.717, 1.165) is 10.5 Å². The number of hydrogen-bond acceptors (Lipinski definition) is 3. The van der Waals surface area contributed by atoms with Crippen LogP contribution in [0.25, 0.3) is 0 Å². The predicted octanol–water partition coefficient (Wildman–Crippen LogP) is 4.91. The SMILES string of the molecule is CCCCN(CC(F)(F)F)C(=O)c1ccc(NS(=O)(=O)c2cc(C)ccc2C)cc1. The average molecular weight is 443 g/mol. The molecular formula is C21H25F3N2O3S. The number of hydrogen-bond donors (Lipinski definition) is 1. The van der Waals surface area contributed by atoms with Crippen molar-refractivity contribution >= 4 is 21.6 Å². The lowest BCUT2D eigenvalue weighted by Crippen LogP contribution is -2.39. The van der Waals surface area contributed by atoms with E-state index < -0.39 is 28.7 Å². The van der Waals surface area contributed by atoms with Crippen molar-refractivity contribution in [1.29, 1.82) is 0 Å². The minimum Gasteiger partial charge on any atom is -0.330 e. The molecule has 0 aliphatic rings. The number of unbranched alkanes of at least 4 members (excludes halogenated alkanes) is 1. The normalized spacial score (nSPS) is 11.9. The van der Waals surface area contributed by atoms with Gasteiger partial charge in [-0.1, -0.05) is 25.5 Å². The first-order valence-electron chi connectivity index (χ1n) is 9.49. The van der Waals surface area contributed by atoms with Crippen molar-refractivity contribution in [1.82, 2.24) is 4.90 Å². The topological polar surface area (TPSA) is 66.5 Å². The van der Waals surface area contributed by atoms with Crippen LogP contribution in [0.5, 0.6) is 0 Å². The van der Waals surface area contributed by atoms with Gasteiger partial charge >= 0.3 is 6.18 Å². The summed E-state index contributed by atoms with van der Waals surface area (Å²) in [6.07, 6.45) is -3.39. The summed E-state index contributed by atoms with van der Waals surface area (Å²) < 4.78 is 66.2. The Labute approximate surface area is 175 Å². The minimum atomic E-state index is -4.50. The molecule has 9 heteroatoms. The highest BCUT2D eigenvalue weighted by Crippen LogP contribution is 2.22. The van der Waals surface area contributed by atoms with Gasteiger partial charge in [0.1, 0.15) is 6.54 Å². The zero-order chi connectivity index (χ0) is 22.5. The van der Waals surface area contributed by atoms with E-state index in [4.69, 9.17) is 0 Å². The van der Waals surface area contributed by atoms with Crippen LogP contribution in [-0.4, -0.2) is 38.5 Å². The van der Waals surface area contributed by atoms with E-state index in [-0.39, 0.29) is 22.7 Å². The van der Waals surface area contributed by atoms with Gasteiger partial charge in [-0.25, -0.2) is 8.42 Å². The summed E-state index contributed by atoms with van der Waals surface area (Å²) in [5, 5.41) is 0. The molecule has 1 N–H and O–H groups in total. The molecule has 2 rings (SSSR count). The molecule has 0 atom stereocenters. The summed E-state index contributed by atoms with van der Waals surface area (Å²) >= 11 is 0. The van der Waals surface area contributed by atoms with Crippen molar-refractivity contribution in [3.8, 4) is 0 Å². The van der Waals surface area contributed by atoms with Crippen LogP contribution in [0.2, 0.25) is 0 Å². The van der Waals surface area contributed by atoms with Gasteiger partial charge in [0.05, 0.1) is 4.90 Å². The van der Waals surface area contributed by atoms with Gasteiger partial charge in [-0.3, -0.25) is 9.52 Å². The Kier molecular flexibility index (Phi) is 7.52. The zero-order valence-corrected chi connectivity index (χ0v) is 17.9. The van der Waals surface area contributed by atoms with E-state index in [1.54, 1.807) is 32.0 Å². The summed E-state index contributed by atoms with van der Waals surface area (Å²) in [5.41, 5.74) is 1.64. The van der Waals surface area contributed by atoms with Crippen molar-refractivity contribution in [3.05, 3.63) is 59.2 Å². The van der Waals surface area contributed by atoms with Crippen LogP contribution in [0, 0.1) is 13.8 Å². The summed E-state index contributed by atoms with van der Waals surface area (Å²) in [5.74, 6) is -0.746. The number of aryl methyl sites for hydroxylation is 2. The number of rotatable bonds is 8. The van der Waals surface area contributed by atoms with E-state index in [0.29, 0.717) is 18.4 Å². The zero-order valence-electron chi connectivity index (χ0n) is 17.1. The van der Waals surface area contributed by atoms with Crippen molar-refractivity contribution in [2.45, 2.75) is 44.7 Å². The Hall–Kier alpha value is -2.55. The maximum Gasteiger partial charge on any atom is 0.406 e. The number of anilines is 1. The third kappa shape index (κ3) is 6.48. The van der Waals surface area contributed by atoms with E-state index in [1.807, 2.05) is 6.92 Å². The molecule has 0 fully saturated rings. The standard InChI is InChI=1S/C21H25F3N2O3S/c1-4-5-12-26(14-21(22,23)24)20(27)17-8-10-18(11-9-17)25-30(28,29)19-13-15(2)6-7-16(19)3/h6-11,13,25H,4-5,12,14H2,1-3H3. The lowest BCUT2D eigenvalue weighted by Gasteiger charge is -2.24. The van der Waals surface area contributed by atoms with E-state index in [9.17, 15) is 26.4 Å². The fraction of sp³-hybridized carbons (Fsp3) is 0.381. The maximum absolute atomic E-state index is 12.8. The van der Waals surface area contributed by atoms with Crippen LogP contribution in [0.1, 0.15) is 41.3 Å². The minimum absolute atomic E-state index is 0.00411. The molecule has 0 aliphatic carbocycles. The molecule has 2 aromatic rings. The number of halogens is 3. The molecule has 0 saturated heterocycles. The molecule has 0 heterocycles. The largest absolute Gasteiger partial charge is 0.406 e. The number of nitrogens with zero attached hydrogens (tertiary/aromatic N) is 1. The molecule has 30 heavy (non-hydrogen) atoms. The van der Waals surface area contributed by atoms with Gasteiger partial charge in [0.15, 0.2) is 0 Å². The van der Waals surface area contributed by atoms with Crippen LogP contribution in [-0.2, 0) is 10.0 Å². The second-order valence-corrected chi connectivity index (χ2v) is 8.80. The number of benzene rings is 2. The maximum atomic E-state index is 12.8. The van der Waals surface area contributed by atoms with Gasteiger partial charge < -0.3 is 4.90 Å². The fourth-order valence-corrected chi connectivity index (χ4v) is 4.28. The van der Waals surface area contributed by atoms with Gasteiger partial charge in [0, 0.05) is 17.8 Å². The number of alkyl halides is 3. The van der Waals surface area contributed by atoms with Crippen molar-refractivity contribution in [2.24, 2.45) is 0 Å². The van der Waals surface area contributed by atoms with Gasteiger partial charge in [-0.15, -0.1) is 0 Å². The Morgan fingerprint density at radius 1 is 1.07 bits per heavy atom. The molecule has 2 aromatic carbocycles. The first-order valence-corrected chi connectivity index (χ1v) is 11.0. The number of amides is 1. The van der Waals surface area contributed by atoms with Crippen molar-refractivity contribution < 1.29 is 26.4 Å². The summed E-state index contributed by atoms with van der Waals surface area (Å²) in [6, 6.07) is 10.4. The van der Waals surface area contributed by atoms with Gasteiger partial charge in [-0.05, 0) is 61.7 Å². The summed E-state index contributed by atoms with van der Waals surface area (Å²) in [7, 11) is -3.85. The quantitative estimate of drug-likeness (QED) is 0.632. The smallest absolute Gasteiger partial charge is 0.330 e. The Morgan fingerprint density at radius 2 is 1.70 bits per heavy atom. The number of sulfonamides is 1. The lowest BCUT2D eigenvalue weighted by molar-refractivity contribution is -0.140. The van der Waals surface area contributed by atoms with Crippen LogP contribution in [0.3, 0.4) is 0 Å². The third-order valence-electron chi connectivity index (χ3n) is 4.46. The van der Waals surface area contributed by atoms with Crippen LogP contribution < -0.4 is 4.72 Å². The van der Waals surface area contributed by atoms with Crippen LogP contribution in [0.15, 0.2) is 47.4 Å². The van der Waals surface area contributed by atoms with E-state index in [1.165, 1.54) is 24.3 Å². The molecule has 0 aliphatic heterocycles. The van der Waals surface area contributed by atoms with Gasteiger partial charge in [0.2, 0.25) is 0 Å². The second-order valence-electron chi connectivity index (χ2n) is 7.15. The first-order chi connectivity index (χ1) is 13.9. The fourth-order valence-electron chi connectivity index (χ4n) is 2.89. The molecule has 0 spiro atoms. The Balaban J connectivity index is 2.20.